The largest absolute Gasteiger partial charge is 0.322 e. The van der Waals surface area contributed by atoms with Crippen LogP contribution in [0.5, 0.6) is 0 Å². The average molecular weight is 421 g/mol. The third-order valence-corrected chi connectivity index (χ3v) is 5.67. The predicted octanol–water partition coefficient (Wildman–Crippen LogP) is 2.76. The van der Waals surface area contributed by atoms with Gasteiger partial charge in [-0.25, -0.2) is 9.80 Å². The molecule has 0 bridgehead atoms. The van der Waals surface area contributed by atoms with Gasteiger partial charge in [0.25, 0.3) is 0 Å². The van der Waals surface area contributed by atoms with Crippen molar-refractivity contribution in [3.63, 3.8) is 0 Å². The molecule has 8 heteroatoms. The molecule has 31 heavy (non-hydrogen) atoms. The van der Waals surface area contributed by atoms with Crippen LogP contribution in [0.2, 0.25) is 0 Å². The molecule has 4 rings (SSSR count). The van der Waals surface area contributed by atoms with Crippen molar-refractivity contribution in [3.8, 4) is 0 Å². The fourth-order valence-electron chi connectivity index (χ4n) is 3.85. The summed E-state index contributed by atoms with van der Waals surface area (Å²) in [5.74, 6) is 0.115. The molecule has 8 nitrogen and oxygen atoms in total. The molecular weight excluding hydrogens is 392 g/mol. The Morgan fingerprint density at radius 2 is 1.90 bits per heavy atom. The Hall–Kier alpha value is -3.26. The van der Waals surface area contributed by atoms with E-state index in [4.69, 9.17) is 0 Å². The molecule has 0 aliphatic carbocycles. The zero-order valence-corrected chi connectivity index (χ0v) is 18.2. The van der Waals surface area contributed by atoms with Gasteiger partial charge in [0, 0.05) is 50.1 Å². The maximum absolute atomic E-state index is 12.7. The third-order valence-electron chi connectivity index (χ3n) is 5.67. The highest BCUT2D eigenvalue weighted by Crippen LogP contribution is 2.24. The molecule has 3 heterocycles. The van der Waals surface area contributed by atoms with Gasteiger partial charge in [-0.15, -0.1) is 0 Å². The van der Waals surface area contributed by atoms with Gasteiger partial charge in [0.1, 0.15) is 0 Å². The van der Waals surface area contributed by atoms with Crippen LogP contribution in [0.4, 0.5) is 10.5 Å². The number of likely N-dealkylation sites (N-methyl/N-ethyl adjacent to an activating group) is 1. The third kappa shape index (κ3) is 4.74. The molecule has 2 aromatic rings. The molecule has 2 aliphatic heterocycles. The Labute approximate surface area is 182 Å². The first kappa shape index (κ1) is 21.0. The van der Waals surface area contributed by atoms with Crippen LogP contribution >= 0.6 is 0 Å². The smallest absolute Gasteiger partial charge is 0.316 e. The minimum absolute atomic E-state index is 0.0558. The van der Waals surface area contributed by atoms with Crippen LogP contribution in [0.1, 0.15) is 30.0 Å². The minimum atomic E-state index is -0.132. The Morgan fingerprint density at radius 1 is 1.16 bits per heavy atom. The second kappa shape index (κ2) is 8.85. The number of carbonyl (C=O) groups is 2. The van der Waals surface area contributed by atoms with Crippen molar-refractivity contribution < 1.29 is 9.59 Å². The topological polar surface area (TPSA) is 81.1 Å². The standard InChI is InChI=1S/C23H28N6O2/c1-16-12-21(30)29(11-10-27(2)3)26-22(16)17-4-6-20(7-5-17)25-23(31)28-14-18-8-9-24-13-19(18)15-28/h4-9,13,16H,10-12,14-15H2,1-3H3,(H,25,31). The maximum atomic E-state index is 12.7. The van der Waals surface area contributed by atoms with Crippen molar-refractivity contribution in [1.82, 2.24) is 19.8 Å². The van der Waals surface area contributed by atoms with Gasteiger partial charge in [-0.2, -0.15) is 5.10 Å². The number of pyridine rings is 1. The van der Waals surface area contributed by atoms with Gasteiger partial charge in [-0.05, 0) is 49.0 Å². The SMILES string of the molecule is CC1CC(=O)N(CCN(C)C)N=C1c1ccc(NC(=O)N2Cc3ccncc3C2)cc1. The van der Waals surface area contributed by atoms with E-state index in [1.54, 1.807) is 16.1 Å². The summed E-state index contributed by atoms with van der Waals surface area (Å²) < 4.78 is 0. The molecule has 0 saturated heterocycles. The fourth-order valence-corrected chi connectivity index (χ4v) is 3.85. The normalized spacial score (nSPS) is 18.3. The molecule has 162 valence electrons. The number of hydrogen-bond acceptors (Lipinski definition) is 5. The number of fused-ring (bicyclic) bond motifs is 1. The van der Waals surface area contributed by atoms with E-state index in [1.165, 1.54) is 0 Å². The van der Waals surface area contributed by atoms with Crippen LogP contribution in [-0.2, 0) is 17.9 Å². The number of carbonyl (C=O) groups excluding carboxylic acids is 2. The molecule has 1 aromatic carbocycles. The number of hydrogen-bond donors (Lipinski definition) is 1. The van der Waals surface area contributed by atoms with Crippen molar-refractivity contribution in [3.05, 3.63) is 59.4 Å². The second-order valence-corrected chi connectivity index (χ2v) is 8.42. The van der Waals surface area contributed by atoms with Crippen molar-refractivity contribution in [2.75, 3.05) is 32.5 Å². The van der Waals surface area contributed by atoms with E-state index in [2.05, 4.69) is 15.4 Å². The lowest BCUT2D eigenvalue weighted by molar-refractivity contribution is -0.132. The summed E-state index contributed by atoms with van der Waals surface area (Å²) in [6.45, 7) is 4.52. The first-order chi connectivity index (χ1) is 14.9. The number of amides is 3. The van der Waals surface area contributed by atoms with Gasteiger partial charge >= 0.3 is 6.03 Å². The molecule has 1 aromatic heterocycles. The van der Waals surface area contributed by atoms with E-state index in [9.17, 15) is 9.59 Å². The highest BCUT2D eigenvalue weighted by molar-refractivity contribution is 6.06. The highest BCUT2D eigenvalue weighted by Gasteiger charge is 2.27. The quantitative estimate of drug-likeness (QED) is 0.807. The Morgan fingerprint density at radius 3 is 2.61 bits per heavy atom. The lowest BCUT2D eigenvalue weighted by atomic mass is 9.93. The van der Waals surface area contributed by atoms with Crippen molar-refractivity contribution in [2.45, 2.75) is 26.4 Å². The summed E-state index contributed by atoms with van der Waals surface area (Å²) in [5, 5.41) is 9.17. The number of hydrazone groups is 1. The number of anilines is 1. The number of nitrogens with zero attached hydrogens (tertiary/aromatic N) is 5. The zero-order valence-electron chi connectivity index (χ0n) is 18.2. The first-order valence-corrected chi connectivity index (χ1v) is 10.5. The van der Waals surface area contributed by atoms with Gasteiger partial charge < -0.3 is 15.1 Å². The molecular formula is C23H28N6O2. The van der Waals surface area contributed by atoms with Crippen molar-refractivity contribution >= 4 is 23.3 Å². The van der Waals surface area contributed by atoms with Gasteiger partial charge in [0.05, 0.1) is 12.3 Å². The van der Waals surface area contributed by atoms with E-state index in [1.807, 2.05) is 62.4 Å². The maximum Gasteiger partial charge on any atom is 0.322 e. The Bertz CT molecular complexity index is 976. The molecule has 0 spiro atoms. The molecule has 1 atom stereocenters. The van der Waals surface area contributed by atoms with Gasteiger partial charge in [0.15, 0.2) is 0 Å². The van der Waals surface area contributed by atoms with E-state index >= 15 is 0 Å². The molecule has 1 unspecified atom stereocenters. The summed E-state index contributed by atoms with van der Waals surface area (Å²) >= 11 is 0. The van der Waals surface area contributed by atoms with Crippen LogP contribution in [0.3, 0.4) is 0 Å². The van der Waals surface area contributed by atoms with Gasteiger partial charge in [0.2, 0.25) is 5.91 Å². The monoisotopic (exact) mass is 420 g/mol. The van der Waals surface area contributed by atoms with E-state index < -0.39 is 0 Å². The highest BCUT2D eigenvalue weighted by atomic mass is 16.2. The number of benzene rings is 1. The van der Waals surface area contributed by atoms with Gasteiger partial charge in [-0.3, -0.25) is 9.78 Å². The minimum Gasteiger partial charge on any atom is -0.316 e. The van der Waals surface area contributed by atoms with Crippen LogP contribution < -0.4 is 5.32 Å². The first-order valence-electron chi connectivity index (χ1n) is 10.5. The van der Waals surface area contributed by atoms with E-state index in [-0.39, 0.29) is 17.9 Å². The number of urea groups is 1. The van der Waals surface area contributed by atoms with Gasteiger partial charge in [-0.1, -0.05) is 19.1 Å². The Kier molecular flexibility index (Phi) is 5.99. The van der Waals surface area contributed by atoms with Crippen molar-refractivity contribution in [2.24, 2.45) is 11.0 Å². The zero-order chi connectivity index (χ0) is 22.0. The molecule has 0 saturated carbocycles. The lowest BCUT2D eigenvalue weighted by Crippen LogP contribution is -2.39. The summed E-state index contributed by atoms with van der Waals surface area (Å²) in [4.78, 5) is 32.9. The second-order valence-electron chi connectivity index (χ2n) is 8.42. The summed E-state index contributed by atoms with van der Waals surface area (Å²) in [6.07, 6.45) is 4.02. The summed E-state index contributed by atoms with van der Waals surface area (Å²) in [6, 6.07) is 9.49. The van der Waals surface area contributed by atoms with E-state index in [0.29, 0.717) is 26.1 Å². The van der Waals surface area contributed by atoms with Crippen LogP contribution in [0.15, 0.2) is 47.8 Å². The van der Waals surface area contributed by atoms with Crippen molar-refractivity contribution in [1.29, 1.82) is 0 Å². The van der Waals surface area contributed by atoms with Crippen LogP contribution in [0, 0.1) is 5.92 Å². The number of nitrogens with one attached hydrogen (secondary N) is 1. The summed E-state index contributed by atoms with van der Waals surface area (Å²) in [7, 11) is 3.96. The number of rotatable bonds is 5. The lowest BCUT2D eigenvalue weighted by Gasteiger charge is -2.28. The Balaban J connectivity index is 1.42. The average Bonchev–Trinajstić information content (AvgIpc) is 3.18. The molecule has 1 N–H and O–H groups in total. The van der Waals surface area contributed by atoms with Crippen LogP contribution in [0.25, 0.3) is 0 Å². The molecule has 2 aliphatic rings. The summed E-state index contributed by atoms with van der Waals surface area (Å²) in [5.41, 5.74) is 4.82. The number of aromatic nitrogens is 1. The molecule has 0 radical (unpaired) electrons. The van der Waals surface area contributed by atoms with Crippen LogP contribution in [-0.4, -0.2) is 64.6 Å². The molecule has 3 amide bonds. The fraction of sp³-hybridized carbons (Fsp3) is 0.391. The van der Waals surface area contributed by atoms with E-state index in [0.717, 1.165) is 34.6 Å². The predicted molar refractivity (Wildman–Crippen MR) is 120 cm³/mol. The molecule has 0 fully saturated rings.